The van der Waals surface area contributed by atoms with E-state index in [-0.39, 0.29) is 17.9 Å². The van der Waals surface area contributed by atoms with Crippen molar-refractivity contribution in [1.29, 1.82) is 0 Å². The number of amides is 1. The van der Waals surface area contributed by atoms with Crippen molar-refractivity contribution in [3.05, 3.63) is 18.5 Å². The number of nitrogens with zero attached hydrogens (tertiary/aromatic N) is 5. The number of hydrogen-bond acceptors (Lipinski definition) is 6. The zero-order valence-corrected chi connectivity index (χ0v) is 13.5. The Bertz CT molecular complexity index is 665. The van der Waals surface area contributed by atoms with E-state index in [1.165, 1.54) is 0 Å². The van der Waals surface area contributed by atoms with Crippen LogP contribution in [0.15, 0.2) is 18.5 Å². The van der Waals surface area contributed by atoms with E-state index in [0.29, 0.717) is 6.61 Å². The fraction of sp³-hybridized carbons (Fsp3) is 0.600. The van der Waals surface area contributed by atoms with E-state index in [0.717, 1.165) is 37.4 Å². The minimum atomic E-state index is 0.0448. The summed E-state index contributed by atoms with van der Waals surface area (Å²) < 4.78 is 6.72. The molecule has 3 heterocycles. The Morgan fingerprint density at radius 2 is 2.22 bits per heavy atom. The molecule has 0 radical (unpaired) electrons. The smallest absolute Gasteiger partial charge is 0.223 e. The number of hydrogen-bond donors (Lipinski definition) is 1. The van der Waals surface area contributed by atoms with Gasteiger partial charge in [0.05, 0.1) is 6.61 Å². The molecule has 124 valence electrons. The Labute approximate surface area is 134 Å². The maximum absolute atomic E-state index is 12.2. The van der Waals surface area contributed by atoms with Gasteiger partial charge in [0.2, 0.25) is 5.91 Å². The summed E-state index contributed by atoms with van der Waals surface area (Å²) in [5.41, 5.74) is 0.732. The van der Waals surface area contributed by atoms with Crippen LogP contribution in [0.3, 0.4) is 0 Å². The number of piperidine rings is 1. The topological polar surface area (TPSA) is 84.6 Å². The predicted octanol–water partition coefficient (Wildman–Crippen LogP) is 0.492. The summed E-state index contributed by atoms with van der Waals surface area (Å²) in [6.07, 6.45) is 3.25. The van der Waals surface area contributed by atoms with Crippen LogP contribution in [0.4, 0.5) is 5.82 Å². The summed E-state index contributed by atoms with van der Waals surface area (Å²) in [4.78, 5) is 14.4. The van der Waals surface area contributed by atoms with E-state index in [1.54, 1.807) is 18.0 Å². The molecular formula is C15H22N6O2. The second-order valence-corrected chi connectivity index (χ2v) is 5.95. The van der Waals surface area contributed by atoms with Gasteiger partial charge >= 0.3 is 0 Å². The number of fused-ring (bicyclic) bond motifs is 1. The molecule has 1 fully saturated rings. The van der Waals surface area contributed by atoms with Gasteiger partial charge in [0.25, 0.3) is 0 Å². The highest BCUT2D eigenvalue weighted by Crippen LogP contribution is 2.22. The lowest BCUT2D eigenvalue weighted by Crippen LogP contribution is -2.44. The molecule has 1 amide bonds. The van der Waals surface area contributed by atoms with Crippen LogP contribution in [0.1, 0.15) is 19.8 Å². The van der Waals surface area contributed by atoms with Crippen LogP contribution in [-0.4, -0.2) is 58.6 Å². The molecule has 1 aliphatic heterocycles. The van der Waals surface area contributed by atoms with Crippen LogP contribution < -0.4 is 10.2 Å². The van der Waals surface area contributed by atoms with Crippen molar-refractivity contribution in [3.63, 3.8) is 0 Å². The van der Waals surface area contributed by atoms with E-state index in [2.05, 4.69) is 25.5 Å². The van der Waals surface area contributed by atoms with Crippen molar-refractivity contribution in [3.8, 4) is 0 Å². The minimum absolute atomic E-state index is 0.0448. The second kappa shape index (κ2) is 6.91. The Morgan fingerprint density at radius 1 is 1.43 bits per heavy atom. The molecule has 2 aromatic rings. The van der Waals surface area contributed by atoms with E-state index < -0.39 is 0 Å². The van der Waals surface area contributed by atoms with Crippen molar-refractivity contribution in [2.75, 3.05) is 31.7 Å². The van der Waals surface area contributed by atoms with Gasteiger partial charge in [-0.25, -0.2) is 0 Å². The van der Waals surface area contributed by atoms with Crippen molar-refractivity contribution < 1.29 is 9.53 Å². The van der Waals surface area contributed by atoms with Crippen LogP contribution in [0.5, 0.6) is 0 Å². The molecule has 0 aliphatic carbocycles. The van der Waals surface area contributed by atoms with Crippen molar-refractivity contribution in [2.24, 2.45) is 5.92 Å². The summed E-state index contributed by atoms with van der Waals surface area (Å²) >= 11 is 0. The Hall–Kier alpha value is -2.22. The first kappa shape index (κ1) is 15.7. The maximum atomic E-state index is 12.2. The molecule has 8 nitrogen and oxygen atoms in total. The van der Waals surface area contributed by atoms with Gasteiger partial charge in [-0.1, -0.05) is 0 Å². The molecule has 1 saturated heterocycles. The maximum Gasteiger partial charge on any atom is 0.223 e. The average molecular weight is 318 g/mol. The molecule has 2 aromatic heterocycles. The molecular weight excluding hydrogens is 296 g/mol. The lowest BCUT2D eigenvalue weighted by atomic mass is 9.95. The number of carbonyl (C=O) groups excluding carboxylic acids is 1. The van der Waals surface area contributed by atoms with Crippen LogP contribution in [0, 0.1) is 5.92 Å². The minimum Gasteiger partial charge on any atom is -0.383 e. The van der Waals surface area contributed by atoms with Gasteiger partial charge in [0.1, 0.15) is 12.1 Å². The largest absolute Gasteiger partial charge is 0.383 e. The average Bonchev–Trinajstić information content (AvgIpc) is 3.02. The lowest BCUT2D eigenvalue weighted by Gasteiger charge is -2.32. The fourth-order valence-corrected chi connectivity index (χ4v) is 2.91. The van der Waals surface area contributed by atoms with Crippen LogP contribution >= 0.6 is 0 Å². The first-order valence-electron chi connectivity index (χ1n) is 7.88. The third-order valence-corrected chi connectivity index (χ3v) is 4.14. The van der Waals surface area contributed by atoms with E-state index >= 15 is 0 Å². The highest BCUT2D eigenvalue weighted by molar-refractivity contribution is 5.79. The third-order valence-electron chi connectivity index (χ3n) is 4.14. The molecule has 0 unspecified atom stereocenters. The Kier molecular flexibility index (Phi) is 4.71. The van der Waals surface area contributed by atoms with Crippen LogP contribution in [-0.2, 0) is 9.53 Å². The van der Waals surface area contributed by atoms with Gasteiger partial charge < -0.3 is 15.0 Å². The molecule has 0 saturated carbocycles. The number of rotatable bonds is 5. The summed E-state index contributed by atoms with van der Waals surface area (Å²) in [7, 11) is 1.64. The standard InChI is InChI=1S/C15H22N6O2/c1-11(9-23-2)17-15(22)12-5-7-20(8-6-12)14-4-3-13-18-16-10-21(13)19-14/h3-4,10-12H,5-9H2,1-2H3,(H,17,22)/t11-/m1/s1. The van der Waals surface area contributed by atoms with Gasteiger partial charge in [-0.3, -0.25) is 4.79 Å². The second-order valence-electron chi connectivity index (χ2n) is 5.95. The number of carbonyl (C=O) groups is 1. The molecule has 0 spiro atoms. The van der Waals surface area contributed by atoms with Gasteiger partial charge in [-0.15, -0.1) is 15.3 Å². The zero-order chi connectivity index (χ0) is 16.2. The highest BCUT2D eigenvalue weighted by atomic mass is 16.5. The fourth-order valence-electron chi connectivity index (χ4n) is 2.91. The molecule has 23 heavy (non-hydrogen) atoms. The molecule has 8 heteroatoms. The summed E-state index contributed by atoms with van der Waals surface area (Å²) in [6, 6.07) is 3.90. The number of ether oxygens (including phenoxy) is 1. The Morgan fingerprint density at radius 3 is 2.96 bits per heavy atom. The quantitative estimate of drug-likeness (QED) is 0.864. The van der Waals surface area contributed by atoms with E-state index in [1.807, 2.05) is 19.1 Å². The van der Waals surface area contributed by atoms with Gasteiger partial charge in [-0.2, -0.15) is 4.52 Å². The van der Waals surface area contributed by atoms with Crippen molar-refractivity contribution in [2.45, 2.75) is 25.8 Å². The van der Waals surface area contributed by atoms with Crippen molar-refractivity contribution in [1.82, 2.24) is 25.1 Å². The first-order chi connectivity index (χ1) is 11.2. The van der Waals surface area contributed by atoms with Crippen LogP contribution in [0.25, 0.3) is 5.65 Å². The summed E-state index contributed by atoms with van der Waals surface area (Å²) in [5.74, 6) is 1.07. The molecule has 0 bridgehead atoms. The number of anilines is 1. The van der Waals surface area contributed by atoms with Gasteiger partial charge in [-0.05, 0) is 31.9 Å². The number of aromatic nitrogens is 4. The number of nitrogens with one attached hydrogen (secondary N) is 1. The lowest BCUT2D eigenvalue weighted by molar-refractivity contribution is -0.126. The summed E-state index contributed by atoms with van der Waals surface area (Å²) in [6.45, 7) is 4.12. The van der Waals surface area contributed by atoms with Gasteiger partial charge in [0.15, 0.2) is 5.65 Å². The number of methoxy groups -OCH3 is 1. The molecule has 3 rings (SSSR count). The SMILES string of the molecule is COC[C@@H](C)NC(=O)C1CCN(c2ccc3nncn3n2)CC1. The predicted molar refractivity (Wildman–Crippen MR) is 85.2 cm³/mol. The van der Waals surface area contributed by atoms with Crippen LogP contribution in [0.2, 0.25) is 0 Å². The monoisotopic (exact) mass is 318 g/mol. The summed E-state index contributed by atoms with van der Waals surface area (Å²) in [5, 5.41) is 15.3. The molecule has 1 N–H and O–H groups in total. The van der Waals surface area contributed by atoms with E-state index in [9.17, 15) is 4.79 Å². The molecule has 1 aliphatic rings. The first-order valence-corrected chi connectivity index (χ1v) is 7.88. The highest BCUT2D eigenvalue weighted by Gasteiger charge is 2.26. The van der Waals surface area contributed by atoms with E-state index in [4.69, 9.17) is 4.74 Å². The Balaban J connectivity index is 1.56. The third kappa shape index (κ3) is 3.58. The van der Waals surface area contributed by atoms with Gasteiger partial charge in [0, 0.05) is 32.2 Å². The molecule has 1 atom stereocenters. The zero-order valence-electron chi connectivity index (χ0n) is 13.5. The molecule has 0 aromatic carbocycles. The van der Waals surface area contributed by atoms with Crippen molar-refractivity contribution >= 4 is 17.4 Å². The normalized spacial score (nSPS) is 17.4.